The van der Waals surface area contributed by atoms with Crippen LogP contribution in [0.25, 0.3) is 22.5 Å². The maximum Gasteiger partial charge on any atom is 0.269 e. The Hall–Kier alpha value is -2.50. The van der Waals surface area contributed by atoms with Crippen molar-refractivity contribution < 1.29 is 14.0 Å². The highest BCUT2D eigenvalue weighted by atomic mass is 35.5. The van der Waals surface area contributed by atoms with Crippen molar-refractivity contribution in [3.63, 3.8) is 0 Å². The summed E-state index contributed by atoms with van der Waals surface area (Å²) in [7, 11) is 3.14. The summed E-state index contributed by atoms with van der Waals surface area (Å²) in [6.45, 7) is 0. The molecule has 128 valence electrons. The second kappa shape index (κ2) is 7.59. The van der Waals surface area contributed by atoms with Crippen molar-refractivity contribution in [1.29, 1.82) is 0 Å². The third-order valence-electron chi connectivity index (χ3n) is 3.41. The fraction of sp³-hybridized carbons (Fsp3) is 0.111. The minimum atomic E-state index is 0.214. The SMILES string of the molecule is COc1ccc(-c2noc(/C(Cl)=C/c3cccc(Cl)c3)n2)cc1OC. The van der Waals surface area contributed by atoms with Crippen LogP contribution in [-0.4, -0.2) is 24.4 Å². The van der Waals surface area contributed by atoms with Gasteiger partial charge in [0.15, 0.2) is 11.5 Å². The van der Waals surface area contributed by atoms with Crippen LogP contribution in [0.3, 0.4) is 0 Å². The topological polar surface area (TPSA) is 57.4 Å². The molecule has 0 unspecified atom stereocenters. The summed E-state index contributed by atoms with van der Waals surface area (Å²) in [6, 6.07) is 12.6. The average Bonchev–Trinajstić information content (AvgIpc) is 3.11. The molecule has 1 aromatic heterocycles. The molecule has 7 heteroatoms. The lowest BCUT2D eigenvalue weighted by atomic mass is 10.2. The Morgan fingerprint density at radius 2 is 1.88 bits per heavy atom. The zero-order chi connectivity index (χ0) is 17.8. The fourth-order valence-corrected chi connectivity index (χ4v) is 2.62. The van der Waals surface area contributed by atoms with Gasteiger partial charge in [-0.3, -0.25) is 0 Å². The molecule has 0 aliphatic rings. The van der Waals surface area contributed by atoms with Crippen molar-refractivity contribution in [3.05, 3.63) is 58.9 Å². The minimum Gasteiger partial charge on any atom is -0.493 e. The fourth-order valence-electron chi connectivity index (χ4n) is 2.22. The molecular weight excluding hydrogens is 363 g/mol. The molecule has 1 heterocycles. The molecular formula is C18H14Cl2N2O3. The van der Waals surface area contributed by atoms with Gasteiger partial charge in [0.1, 0.15) is 5.03 Å². The second-order valence-corrected chi connectivity index (χ2v) is 5.88. The molecule has 0 saturated carbocycles. The van der Waals surface area contributed by atoms with Crippen LogP contribution in [0, 0.1) is 0 Å². The maximum absolute atomic E-state index is 6.28. The van der Waals surface area contributed by atoms with Gasteiger partial charge in [-0.1, -0.05) is 40.5 Å². The van der Waals surface area contributed by atoms with E-state index in [4.69, 9.17) is 37.2 Å². The summed E-state index contributed by atoms with van der Waals surface area (Å²) in [6.07, 6.45) is 1.71. The van der Waals surface area contributed by atoms with E-state index in [0.29, 0.717) is 27.4 Å². The van der Waals surface area contributed by atoms with E-state index in [1.807, 2.05) is 18.2 Å². The molecule has 0 atom stereocenters. The van der Waals surface area contributed by atoms with Crippen LogP contribution in [0.4, 0.5) is 0 Å². The van der Waals surface area contributed by atoms with Crippen molar-refractivity contribution in [1.82, 2.24) is 10.1 Å². The third-order valence-corrected chi connectivity index (χ3v) is 3.92. The maximum atomic E-state index is 6.28. The predicted molar refractivity (Wildman–Crippen MR) is 98.0 cm³/mol. The molecule has 0 N–H and O–H groups in total. The Balaban J connectivity index is 1.89. The van der Waals surface area contributed by atoms with Gasteiger partial charge < -0.3 is 14.0 Å². The standard InChI is InChI=1S/C18H14Cl2N2O3/c1-23-15-7-6-12(10-16(15)24-2)17-21-18(25-22-17)14(20)9-11-4-3-5-13(19)8-11/h3-10H,1-2H3/b14-9-. The number of halogens is 2. The van der Waals surface area contributed by atoms with E-state index in [9.17, 15) is 0 Å². The molecule has 3 aromatic rings. The molecule has 0 aliphatic carbocycles. The highest BCUT2D eigenvalue weighted by Gasteiger charge is 2.14. The highest BCUT2D eigenvalue weighted by molar-refractivity contribution is 6.50. The lowest BCUT2D eigenvalue weighted by Gasteiger charge is -2.07. The van der Waals surface area contributed by atoms with Crippen LogP contribution in [0.1, 0.15) is 11.5 Å². The third kappa shape index (κ3) is 3.95. The molecule has 3 rings (SSSR count). The van der Waals surface area contributed by atoms with Gasteiger partial charge in [-0.05, 0) is 42.0 Å². The van der Waals surface area contributed by atoms with E-state index >= 15 is 0 Å². The number of aromatic nitrogens is 2. The van der Waals surface area contributed by atoms with Crippen molar-refractivity contribution in [2.24, 2.45) is 0 Å². The molecule has 0 bridgehead atoms. The molecule has 0 amide bonds. The van der Waals surface area contributed by atoms with Gasteiger partial charge in [-0.2, -0.15) is 4.98 Å². The van der Waals surface area contributed by atoms with Crippen LogP contribution in [0.15, 0.2) is 47.0 Å². The Labute approximate surface area is 154 Å². The Morgan fingerprint density at radius 1 is 1.08 bits per heavy atom. The van der Waals surface area contributed by atoms with Crippen molar-refractivity contribution in [2.45, 2.75) is 0 Å². The number of hydrogen-bond donors (Lipinski definition) is 0. The number of benzene rings is 2. The Bertz CT molecular complexity index is 922. The summed E-state index contributed by atoms with van der Waals surface area (Å²) >= 11 is 12.2. The quantitative estimate of drug-likeness (QED) is 0.616. The first-order valence-corrected chi connectivity index (χ1v) is 8.05. The van der Waals surface area contributed by atoms with Gasteiger partial charge in [-0.15, -0.1) is 0 Å². The highest BCUT2D eigenvalue weighted by Crippen LogP contribution is 2.32. The number of hydrogen-bond acceptors (Lipinski definition) is 5. The summed E-state index contributed by atoms with van der Waals surface area (Å²) in [5.41, 5.74) is 1.56. The van der Waals surface area contributed by atoms with Crippen LogP contribution in [-0.2, 0) is 0 Å². The first-order valence-electron chi connectivity index (χ1n) is 7.30. The van der Waals surface area contributed by atoms with E-state index in [1.165, 1.54) is 0 Å². The zero-order valence-electron chi connectivity index (χ0n) is 13.5. The van der Waals surface area contributed by atoms with E-state index in [-0.39, 0.29) is 5.89 Å². The lowest BCUT2D eigenvalue weighted by molar-refractivity contribution is 0.355. The van der Waals surface area contributed by atoms with Gasteiger partial charge in [0.05, 0.1) is 14.2 Å². The van der Waals surface area contributed by atoms with Crippen molar-refractivity contribution in [2.75, 3.05) is 14.2 Å². The van der Waals surface area contributed by atoms with Crippen molar-refractivity contribution >= 4 is 34.3 Å². The van der Waals surface area contributed by atoms with Gasteiger partial charge in [0.2, 0.25) is 5.82 Å². The molecule has 0 radical (unpaired) electrons. The summed E-state index contributed by atoms with van der Waals surface area (Å²) in [4.78, 5) is 4.32. The van der Waals surface area contributed by atoms with Crippen LogP contribution >= 0.6 is 23.2 Å². The minimum absolute atomic E-state index is 0.214. The normalized spacial score (nSPS) is 11.4. The van der Waals surface area contributed by atoms with Crippen LogP contribution in [0.2, 0.25) is 5.02 Å². The van der Waals surface area contributed by atoms with Gasteiger partial charge in [0.25, 0.3) is 5.89 Å². The summed E-state index contributed by atoms with van der Waals surface area (Å²) < 4.78 is 15.7. The van der Waals surface area contributed by atoms with E-state index in [1.54, 1.807) is 44.6 Å². The van der Waals surface area contributed by atoms with Gasteiger partial charge in [-0.25, -0.2) is 0 Å². The van der Waals surface area contributed by atoms with E-state index in [0.717, 1.165) is 11.1 Å². The van der Waals surface area contributed by atoms with Gasteiger partial charge >= 0.3 is 0 Å². The molecule has 25 heavy (non-hydrogen) atoms. The van der Waals surface area contributed by atoms with E-state index in [2.05, 4.69) is 10.1 Å². The zero-order valence-corrected chi connectivity index (χ0v) is 15.0. The lowest BCUT2D eigenvalue weighted by Crippen LogP contribution is -1.91. The predicted octanol–water partition coefficient (Wildman–Crippen LogP) is 5.14. The number of rotatable bonds is 5. The summed E-state index contributed by atoms with van der Waals surface area (Å²) in [5.74, 6) is 1.81. The molecule has 0 saturated heterocycles. The van der Waals surface area contributed by atoms with Gasteiger partial charge in [0, 0.05) is 10.6 Å². The monoisotopic (exact) mass is 376 g/mol. The smallest absolute Gasteiger partial charge is 0.269 e. The molecule has 0 spiro atoms. The summed E-state index contributed by atoms with van der Waals surface area (Å²) in [5, 5.41) is 4.90. The average molecular weight is 377 g/mol. The Morgan fingerprint density at radius 3 is 2.60 bits per heavy atom. The van der Waals surface area contributed by atoms with Crippen molar-refractivity contribution in [3.8, 4) is 22.9 Å². The molecule has 2 aromatic carbocycles. The second-order valence-electron chi connectivity index (χ2n) is 5.04. The molecule has 0 aliphatic heterocycles. The van der Waals surface area contributed by atoms with E-state index < -0.39 is 0 Å². The molecule has 0 fully saturated rings. The number of ether oxygens (including phenoxy) is 2. The van der Waals surface area contributed by atoms with Crippen LogP contribution < -0.4 is 9.47 Å². The molecule has 5 nitrogen and oxygen atoms in total. The number of methoxy groups -OCH3 is 2. The first kappa shape index (κ1) is 17.3. The number of nitrogens with zero attached hydrogens (tertiary/aromatic N) is 2. The first-order chi connectivity index (χ1) is 12.1. The van der Waals surface area contributed by atoms with Crippen LogP contribution in [0.5, 0.6) is 11.5 Å². The largest absolute Gasteiger partial charge is 0.493 e. The Kier molecular flexibility index (Phi) is 5.26.